The van der Waals surface area contributed by atoms with Gasteiger partial charge >= 0.3 is 16.1 Å². The smallest absolute Gasteiger partial charge is 0.336 e. The molecule has 1 amide bonds. The zero-order valence-electron chi connectivity index (χ0n) is 12.2. The fourth-order valence-corrected chi connectivity index (χ4v) is 2.65. The number of nitrogens with one attached hydrogen (secondary N) is 1. The summed E-state index contributed by atoms with van der Waals surface area (Å²) in [5.41, 5.74) is -0.622. The van der Waals surface area contributed by atoms with Gasteiger partial charge in [0.05, 0.1) is 17.4 Å². The van der Waals surface area contributed by atoms with Gasteiger partial charge in [0.2, 0.25) is 0 Å². The van der Waals surface area contributed by atoms with Crippen molar-refractivity contribution in [2.45, 2.75) is 6.92 Å². The van der Waals surface area contributed by atoms with E-state index < -0.39 is 22.0 Å². The molecule has 1 aromatic carbocycles. The second-order valence-corrected chi connectivity index (χ2v) is 7.19. The third-order valence-electron chi connectivity index (χ3n) is 2.46. The number of hydrogen-bond acceptors (Lipinski definition) is 6. The fraction of sp³-hybridized carbons (Fsp3) is 0.385. The molecule has 0 fully saturated rings. The maximum Gasteiger partial charge on any atom is 0.336 e. The van der Waals surface area contributed by atoms with E-state index in [2.05, 4.69) is 5.32 Å². The highest BCUT2D eigenvalue weighted by atomic mass is 32.2. The Hall–Kier alpha value is -1.74. The summed E-state index contributed by atoms with van der Waals surface area (Å²) in [5, 5.41) is 11.7. The van der Waals surface area contributed by atoms with Crippen LogP contribution < -0.4 is 9.50 Å². The van der Waals surface area contributed by atoms with Crippen molar-refractivity contribution in [3.63, 3.8) is 0 Å². The molecule has 22 heavy (non-hydrogen) atoms. The number of hydrogen-bond donors (Lipinski definition) is 2. The quantitative estimate of drug-likeness (QED) is 0.537. The van der Waals surface area contributed by atoms with Gasteiger partial charge in [0.15, 0.2) is 5.75 Å². The van der Waals surface area contributed by atoms with E-state index in [0.717, 1.165) is 12.0 Å². The summed E-state index contributed by atoms with van der Waals surface area (Å²) in [6.07, 6.45) is 0.819. The molecule has 0 heterocycles. The summed E-state index contributed by atoms with van der Waals surface area (Å²) in [7, 11) is -3.88. The number of carboxylic acids is 1. The number of thioether (sulfide) groups is 1. The molecule has 0 spiro atoms. The molecule has 0 unspecified atom stereocenters. The van der Waals surface area contributed by atoms with Gasteiger partial charge in [-0.05, 0) is 17.9 Å². The van der Waals surface area contributed by atoms with Crippen LogP contribution in [-0.4, -0.2) is 49.7 Å². The predicted molar refractivity (Wildman–Crippen MR) is 84.2 cm³/mol. The van der Waals surface area contributed by atoms with Crippen molar-refractivity contribution in [2.75, 3.05) is 24.3 Å². The van der Waals surface area contributed by atoms with Crippen molar-refractivity contribution < 1.29 is 27.3 Å². The first kappa shape index (κ1) is 18.3. The first-order chi connectivity index (χ1) is 10.3. The van der Waals surface area contributed by atoms with Crippen LogP contribution in [0.1, 0.15) is 27.6 Å². The second kappa shape index (κ2) is 8.04. The lowest BCUT2D eigenvalue weighted by molar-refractivity contribution is 0.0690. The van der Waals surface area contributed by atoms with Crippen molar-refractivity contribution in [1.29, 1.82) is 0 Å². The van der Waals surface area contributed by atoms with Crippen LogP contribution in [0.4, 0.5) is 0 Å². The Morgan fingerprint density at radius 3 is 2.59 bits per heavy atom. The molecule has 0 aromatic heterocycles. The summed E-state index contributed by atoms with van der Waals surface area (Å²) in [6.45, 7) is 2.31. The molecule has 0 radical (unpaired) electrons. The van der Waals surface area contributed by atoms with E-state index >= 15 is 0 Å². The minimum atomic E-state index is -3.88. The predicted octanol–water partition coefficient (Wildman–Crippen LogP) is 1.21. The van der Waals surface area contributed by atoms with E-state index in [-0.39, 0.29) is 16.9 Å². The Morgan fingerprint density at radius 2 is 2.05 bits per heavy atom. The molecule has 0 atom stereocenters. The number of benzene rings is 1. The van der Waals surface area contributed by atoms with Crippen LogP contribution >= 0.6 is 11.8 Å². The summed E-state index contributed by atoms with van der Waals surface area (Å²) in [5.74, 6) is -0.771. The van der Waals surface area contributed by atoms with E-state index in [1.165, 1.54) is 18.2 Å². The molecule has 0 bridgehead atoms. The van der Waals surface area contributed by atoms with Crippen LogP contribution in [-0.2, 0) is 10.1 Å². The van der Waals surface area contributed by atoms with E-state index in [1.54, 1.807) is 11.8 Å². The van der Waals surface area contributed by atoms with Crippen molar-refractivity contribution in [3.05, 3.63) is 29.3 Å². The lowest BCUT2D eigenvalue weighted by Gasteiger charge is -2.12. The molecule has 0 saturated heterocycles. The highest BCUT2D eigenvalue weighted by Crippen LogP contribution is 2.24. The maximum absolute atomic E-state index is 12.2. The summed E-state index contributed by atoms with van der Waals surface area (Å²) >= 11 is 1.61. The van der Waals surface area contributed by atoms with Gasteiger partial charge in [0, 0.05) is 12.3 Å². The standard InChI is InChI=1S/C13H17NO6S2/c1-3-21-8-7-14-12(15)11-9(13(16)17)5-4-6-10(11)20-22(2,18)19/h4-6H,3,7-8H2,1-2H3,(H,14,15)(H,16,17). The first-order valence-corrected chi connectivity index (χ1v) is 9.35. The SMILES string of the molecule is CCSCCNC(=O)c1c(OS(C)(=O)=O)cccc1C(=O)O. The molecule has 0 aliphatic carbocycles. The van der Waals surface area contributed by atoms with Crippen molar-refractivity contribution in [1.82, 2.24) is 5.32 Å². The molecular weight excluding hydrogens is 330 g/mol. The highest BCUT2D eigenvalue weighted by Gasteiger charge is 2.23. The van der Waals surface area contributed by atoms with Gasteiger partial charge in [0.1, 0.15) is 0 Å². The molecule has 122 valence electrons. The van der Waals surface area contributed by atoms with Gasteiger partial charge in [-0.25, -0.2) is 4.79 Å². The van der Waals surface area contributed by atoms with Crippen LogP contribution in [0, 0.1) is 0 Å². The van der Waals surface area contributed by atoms with Gasteiger partial charge in [-0.3, -0.25) is 4.79 Å². The monoisotopic (exact) mass is 347 g/mol. The zero-order valence-corrected chi connectivity index (χ0v) is 13.8. The molecule has 0 saturated carbocycles. The van der Waals surface area contributed by atoms with Gasteiger partial charge in [-0.2, -0.15) is 20.2 Å². The van der Waals surface area contributed by atoms with Gasteiger partial charge in [-0.15, -0.1) is 0 Å². The van der Waals surface area contributed by atoms with Crippen LogP contribution in [0.5, 0.6) is 5.75 Å². The average Bonchev–Trinajstić information content (AvgIpc) is 2.41. The van der Waals surface area contributed by atoms with Gasteiger partial charge in [0.25, 0.3) is 5.91 Å². The molecule has 0 aliphatic rings. The normalized spacial score (nSPS) is 11.0. The van der Waals surface area contributed by atoms with Crippen molar-refractivity contribution >= 4 is 33.8 Å². The number of rotatable bonds is 8. The number of carbonyl (C=O) groups excluding carboxylic acids is 1. The van der Waals surface area contributed by atoms with Gasteiger partial charge in [-0.1, -0.05) is 13.0 Å². The number of carbonyl (C=O) groups is 2. The molecule has 0 aliphatic heterocycles. The van der Waals surface area contributed by atoms with Crippen LogP contribution in [0.3, 0.4) is 0 Å². The zero-order chi connectivity index (χ0) is 16.8. The van der Waals surface area contributed by atoms with Crippen LogP contribution in [0.2, 0.25) is 0 Å². The van der Waals surface area contributed by atoms with Crippen molar-refractivity contribution in [2.24, 2.45) is 0 Å². The molecule has 1 aromatic rings. The van der Waals surface area contributed by atoms with Crippen LogP contribution in [0.25, 0.3) is 0 Å². The van der Waals surface area contributed by atoms with E-state index in [1.807, 2.05) is 6.92 Å². The highest BCUT2D eigenvalue weighted by molar-refractivity contribution is 7.99. The Morgan fingerprint density at radius 1 is 1.36 bits per heavy atom. The number of amides is 1. The Bertz CT molecular complexity index is 656. The molecule has 2 N–H and O–H groups in total. The Balaban J connectivity index is 3.12. The summed E-state index contributed by atoms with van der Waals surface area (Å²) in [4.78, 5) is 23.4. The molecule has 1 rings (SSSR count). The molecule has 9 heteroatoms. The van der Waals surface area contributed by atoms with Gasteiger partial charge < -0.3 is 14.6 Å². The second-order valence-electron chi connectivity index (χ2n) is 4.22. The number of aromatic carboxylic acids is 1. The maximum atomic E-state index is 12.2. The van der Waals surface area contributed by atoms with E-state index in [9.17, 15) is 18.0 Å². The largest absolute Gasteiger partial charge is 0.478 e. The fourth-order valence-electron chi connectivity index (χ4n) is 1.65. The number of carboxylic acid groups (broad SMARTS) is 1. The summed E-state index contributed by atoms with van der Waals surface area (Å²) in [6, 6.07) is 3.77. The summed E-state index contributed by atoms with van der Waals surface area (Å²) < 4.78 is 27.2. The first-order valence-electron chi connectivity index (χ1n) is 6.38. The lowest BCUT2D eigenvalue weighted by Crippen LogP contribution is -2.28. The topological polar surface area (TPSA) is 110 Å². The van der Waals surface area contributed by atoms with Crippen LogP contribution in [0.15, 0.2) is 18.2 Å². The van der Waals surface area contributed by atoms with E-state index in [4.69, 9.17) is 9.29 Å². The van der Waals surface area contributed by atoms with Crippen molar-refractivity contribution in [3.8, 4) is 5.75 Å². The van der Waals surface area contributed by atoms with E-state index in [0.29, 0.717) is 12.3 Å². The molecular formula is C13H17NO6S2. The third kappa shape index (κ3) is 5.57. The molecule has 7 nitrogen and oxygen atoms in total. The Kier molecular flexibility index (Phi) is 6.69. The Labute approximate surface area is 133 Å². The minimum absolute atomic E-state index is 0.303. The average molecular weight is 347 g/mol. The third-order valence-corrected chi connectivity index (χ3v) is 3.84. The minimum Gasteiger partial charge on any atom is -0.478 e. The lowest BCUT2D eigenvalue weighted by atomic mass is 10.1.